The van der Waals surface area contributed by atoms with Crippen molar-refractivity contribution in [3.05, 3.63) is 16.7 Å². The smallest absolute Gasteiger partial charge is 0.237 e. The van der Waals surface area contributed by atoms with Gasteiger partial charge in [-0.2, -0.15) is 0 Å². The predicted octanol–water partition coefficient (Wildman–Crippen LogP) is 2.08. The second kappa shape index (κ2) is 5.50. The van der Waals surface area contributed by atoms with Gasteiger partial charge in [-0.15, -0.1) is 0 Å². The number of morpholine rings is 1. The fraction of sp³-hybridized carbons (Fsp3) is 0.545. The highest BCUT2D eigenvalue weighted by Gasteiger charge is 2.16. The van der Waals surface area contributed by atoms with Gasteiger partial charge in [-0.05, 0) is 28.9 Å². The zero-order valence-electron chi connectivity index (χ0n) is 9.28. The van der Waals surface area contributed by atoms with Crippen LogP contribution in [0.5, 0.6) is 5.88 Å². The molecular formula is C11H15BrN2O2. The second-order valence-electron chi connectivity index (χ2n) is 3.51. The standard InChI is InChI=1S/C11H15BrN2O2/c1-2-16-11-10(7-9(12)8-13-11)14-3-5-15-6-4-14/h7-8H,2-6H2,1H3. The third-order valence-electron chi connectivity index (χ3n) is 2.43. The molecule has 0 saturated carbocycles. The van der Waals surface area contributed by atoms with Crippen LogP contribution in [0.3, 0.4) is 0 Å². The number of halogens is 1. The summed E-state index contributed by atoms with van der Waals surface area (Å²) >= 11 is 3.44. The molecule has 0 spiro atoms. The van der Waals surface area contributed by atoms with Gasteiger partial charge in [0.2, 0.25) is 5.88 Å². The van der Waals surface area contributed by atoms with Crippen molar-refractivity contribution in [1.29, 1.82) is 0 Å². The molecule has 1 aliphatic heterocycles. The summed E-state index contributed by atoms with van der Waals surface area (Å²) in [6, 6.07) is 2.04. The third-order valence-corrected chi connectivity index (χ3v) is 2.87. The van der Waals surface area contributed by atoms with E-state index in [1.165, 1.54) is 0 Å². The molecule has 0 unspecified atom stereocenters. The van der Waals surface area contributed by atoms with E-state index in [1.807, 2.05) is 13.0 Å². The number of hydrogen-bond acceptors (Lipinski definition) is 4. The van der Waals surface area contributed by atoms with Gasteiger partial charge in [-0.3, -0.25) is 0 Å². The van der Waals surface area contributed by atoms with Crippen LogP contribution in [0.1, 0.15) is 6.92 Å². The maximum atomic E-state index is 5.53. The van der Waals surface area contributed by atoms with Crippen LogP contribution in [0.25, 0.3) is 0 Å². The van der Waals surface area contributed by atoms with Crippen LogP contribution in [0.2, 0.25) is 0 Å². The maximum Gasteiger partial charge on any atom is 0.237 e. The van der Waals surface area contributed by atoms with Crippen LogP contribution in [-0.4, -0.2) is 37.9 Å². The first-order valence-corrected chi connectivity index (χ1v) is 6.21. The molecule has 1 saturated heterocycles. The number of aromatic nitrogens is 1. The lowest BCUT2D eigenvalue weighted by Crippen LogP contribution is -2.36. The Morgan fingerprint density at radius 2 is 2.25 bits per heavy atom. The topological polar surface area (TPSA) is 34.6 Å². The van der Waals surface area contributed by atoms with Crippen molar-refractivity contribution in [2.24, 2.45) is 0 Å². The van der Waals surface area contributed by atoms with Crippen molar-refractivity contribution in [1.82, 2.24) is 4.98 Å². The highest BCUT2D eigenvalue weighted by molar-refractivity contribution is 9.10. The fourth-order valence-electron chi connectivity index (χ4n) is 1.69. The molecule has 2 heterocycles. The minimum Gasteiger partial charge on any atom is -0.476 e. The van der Waals surface area contributed by atoms with Crippen molar-refractivity contribution in [2.45, 2.75) is 6.92 Å². The van der Waals surface area contributed by atoms with Crippen LogP contribution in [0.15, 0.2) is 16.7 Å². The van der Waals surface area contributed by atoms with E-state index in [1.54, 1.807) is 6.20 Å². The monoisotopic (exact) mass is 286 g/mol. The molecule has 1 aromatic heterocycles. The maximum absolute atomic E-state index is 5.53. The third kappa shape index (κ3) is 2.65. The normalized spacial score (nSPS) is 16.2. The van der Waals surface area contributed by atoms with Crippen LogP contribution in [-0.2, 0) is 4.74 Å². The lowest BCUT2D eigenvalue weighted by atomic mass is 10.3. The van der Waals surface area contributed by atoms with Gasteiger partial charge < -0.3 is 14.4 Å². The first-order valence-electron chi connectivity index (χ1n) is 5.42. The Labute approximate surface area is 104 Å². The van der Waals surface area contributed by atoms with E-state index in [4.69, 9.17) is 9.47 Å². The molecule has 0 radical (unpaired) electrons. The van der Waals surface area contributed by atoms with E-state index in [2.05, 4.69) is 25.8 Å². The molecule has 1 aromatic rings. The molecule has 5 heteroatoms. The molecular weight excluding hydrogens is 272 g/mol. The molecule has 4 nitrogen and oxygen atoms in total. The molecule has 0 amide bonds. The molecule has 0 N–H and O–H groups in total. The molecule has 16 heavy (non-hydrogen) atoms. The largest absolute Gasteiger partial charge is 0.476 e. The number of nitrogens with zero attached hydrogens (tertiary/aromatic N) is 2. The van der Waals surface area contributed by atoms with Crippen LogP contribution < -0.4 is 9.64 Å². The van der Waals surface area contributed by atoms with Gasteiger partial charge in [0.25, 0.3) is 0 Å². The number of hydrogen-bond donors (Lipinski definition) is 0. The quantitative estimate of drug-likeness (QED) is 0.852. The molecule has 1 aliphatic rings. The van der Waals surface area contributed by atoms with E-state index in [-0.39, 0.29) is 0 Å². The molecule has 0 bridgehead atoms. The summed E-state index contributed by atoms with van der Waals surface area (Å²) < 4.78 is 11.8. The van der Waals surface area contributed by atoms with E-state index in [0.29, 0.717) is 12.5 Å². The van der Waals surface area contributed by atoms with Gasteiger partial charge in [0.1, 0.15) is 5.69 Å². The Hall–Kier alpha value is -0.810. The van der Waals surface area contributed by atoms with Crippen molar-refractivity contribution in [3.63, 3.8) is 0 Å². The summed E-state index contributed by atoms with van der Waals surface area (Å²) in [7, 11) is 0. The van der Waals surface area contributed by atoms with Gasteiger partial charge in [0.15, 0.2) is 0 Å². The summed E-state index contributed by atoms with van der Waals surface area (Å²) in [6.07, 6.45) is 1.76. The van der Waals surface area contributed by atoms with Gasteiger partial charge >= 0.3 is 0 Å². The SMILES string of the molecule is CCOc1ncc(Br)cc1N1CCOCC1. The van der Waals surface area contributed by atoms with Gasteiger partial charge in [-0.1, -0.05) is 0 Å². The molecule has 1 fully saturated rings. The van der Waals surface area contributed by atoms with Crippen molar-refractivity contribution in [2.75, 3.05) is 37.8 Å². The second-order valence-corrected chi connectivity index (χ2v) is 4.43. The highest BCUT2D eigenvalue weighted by Crippen LogP contribution is 2.29. The van der Waals surface area contributed by atoms with Crippen LogP contribution in [0.4, 0.5) is 5.69 Å². The Kier molecular flexibility index (Phi) is 4.01. The van der Waals surface area contributed by atoms with E-state index in [0.717, 1.165) is 36.5 Å². The van der Waals surface area contributed by atoms with Crippen molar-refractivity contribution in [3.8, 4) is 5.88 Å². The van der Waals surface area contributed by atoms with E-state index < -0.39 is 0 Å². The summed E-state index contributed by atoms with van der Waals surface area (Å²) in [6.45, 7) is 5.89. The summed E-state index contributed by atoms with van der Waals surface area (Å²) in [5.41, 5.74) is 1.04. The summed E-state index contributed by atoms with van der Waals surface area (Å²) in [5, 5.41) is 0. The summed E-state index contributed by atoms with van der Waals surface area (Å²) in [4.78, 5) is 6.53. The zero-order chi connectivity index (χ0) is 11.4. The number of rotatable bonds is 3. The predicted molar refractivity (Wildman–Crippen MR) is 66.1 cm³/mol. The number of ether oxygens (including phenoxy) is 2. The average molecular weight is 287 g/mol. The Bertz CT molecular complexity index is 354. The first kappa shape index (κ1) is 11.7. The molecule has 0 aromatic carbocycles. The first-order chi connectivity index (χ1) is 7.81. The van der Waals surface area contributed by atoms with Crippen molar-refractivity contribution >= 4 is 21.6 Å². The molecule has 88 valence electrons. The number of pyridine rings is 1. The minimum atomic E-state index is 0.631. The summed E-state index contributed by atoms with van der Waals surface area (Å²) in [5.74, 6) is 0.701. The fourth-order valence-corrected chi connectivity index (χ4v) is 2.01. The lowest BCUT2D eigenvalue weighted by molar-refractivity contribution is 0.122. The van der Waals surface area contributed by atoms with Gasteiger partial charge in [0, 0.05) is 23.8 Å². The Balaban J connectivity index is 2.24. The molecule has 0 atom stereocenters. The Morgan fingerprint density at radius 1 is 1.50 bits per heavy atom. The van der Waals surface area contributed by atoms with E-state index >= 15 is 0 Å². The van der Waals surface area contributed by atoms with Gasteiger partial charge in [0.05, 0.1) is 19.8 Å². The average Bonchev–Trinajstić information content (AvgIpc) is 2.33. The van der Waals surface area contributed by atoms with Crippen LogP contribution >= 0.6 is 15.9 Å². The molecule has 0 aliphatic carbocycles. The lowest BCUT2D eigenvalue weighted by Gasteiger charge is -2.29. The van der Waals surface area contributed by atoms with E-state index in [9.17, 15) is 0 Å². The van der Waals surface area contributed by atoms with Crippen LogP contribution in [0, 0.1) is 0 Å². The number of anilines is 1. The van der Waals surface area contributed by atoms with Crippen molar-refractivity contribution < 1.29 is 9.47 Å². The molecule has 2 rings (SSSR count). The highest BCUT2D eigenvalue weighted by atomic mass is 79.9. The Morgan fingerprint density at radius 3 is 2.94 bits per heavy atom. The minimum absolute atomic E-state index is 0.631. The zero-order valence-corrected chi connectivity index (χ0v) is 10.9. The van der Waals surface area contributed by atoms with Gasteiger partial charge in [-0.25, -0.2) is 4.98 Å².